The van der Waals surface area contributed by atoms with E-state index in [1.165, 1.54) is 23.9 Å². The van der Waals surface area contributed by atoms with Gasteiger partial charge in [0, 0.05) is 36.5 Å². The van der Waals surface area contributed by atoms with Gasteiger partial charge in [0.25, 0.3) is 11.6 Å². The maximum absolute atomic E-state index is 12.0. The van der Waals surface area contributed by atoms with E-state index in [4.69, 9.17) is 9.47 Å². The van der Waals surface area contributed by atoms with Gasteiger partial charge in [0.2, 0.25) is 0 Å². The molecule has 0 bridgehead atoms. The lowest BCUT2D eigenvalue weighted by Gasteiger charge is -2.29. The maximum atomic E-state index is 12.0. The van der Waals surface area contributed by atoms with Crippen molar-refractivity contribution >= 4 is 23.5 Å². The highest BCUT2D eigenvalue weighted by atomic mass is 16.6. The van der Waals surface area contributed by atoms with Crippen LogP contribution in [0.25, 0.3) is 0 Å². The Balaban J connectivity index is 1.62. The van der Waals surface area contributed by atoms with Crippen LogP contribution in [0.1, 0.15) is 18.1 Å². The quantitative estimate of drug-likeness (QED) is 0.406. The fourth-order valence-electron chi connectivity index (χ4n) is 3.03. The first-order chi connectivity index (χ1) is 14.6. The van der Waals surface area contributed by atoms with Crippen LogP contribution in [0.3, 0.4) is 0 Å². The number of anilines is 1. The van der Waals surface area contributed by atoms with Crippen LogP contribution in [0, 0.1) is 10.1 Å². The highest BCUT2D eigenvalue weighted by Crippen LogP contribution is 2.25. The van der Waals surface area contributed by atoms with Crippen molar-refractivity contribution in [3.63, 3.8) is 0 Å². The van der Waals surface area contributed by atoms with Gasteiger partial charge in [-0.2, -0.15) is 5.10 Å². The molecule has 0 saturated carbocycles. The number of nitro groups is 1. The average Bonchev–Trinajstić information content (AvgIpc) is 2.78. The van der Waals surface area contributed by atoms with Crippen molar-refractivity contribution in [2.45, 2.75) is 13.3 Å². The predicted molar refractivity (Wildman–Crippen MR) is 113 cm³/mol. The Morgan fingerprint density at radius 2 is 2.00 bits per heavy atom. The number of rotatable bonds is 8. The number of nitro benzene ring substituents is 1. The van der Waals surface area contributed by atoms with E-state index >= 15 is 0 Å². The zero-order chi connectivity index (χ0) is 21.3. The van der Waals surface area contributed by atoms with E-state index in [1.54, 1.807) is 6.07 Å². The van der Waals surface area contributed by atoms with E-state index in [0.29, 0.717) is 37.6 Å². The van der Waals surface area contributed by atoms with E-state index in [-0.39, 0.29) is 12.3 Å². The lowest BCUT2D eigenvalue weighted by Crippen LogP contribution is -2.36. The van der Waals surface area contributed by atoms with Crippen LogP contribution in [-0.2, 0) is 16.0 Å². The molecule has 2 aromatic rings. The van der Waals surface area contributed by atoms with Crippen molar-refractivity contribution < 1.29 is 19.2 Å². The molecule has 1 fully saturated rings. The number of nitrogens with zero attached hydrogens (tertiary/aromatic N) is 3. The summed E-state index contributed by atoms with van der Waals surface area (Å²) in [5.41, 5.74) is 4.88. The number of hydrogen-bond acceptors (Lipinski definition) is 7. The van der Waals surface area contributed by atoms with E-state index in [9.17, 15) is 14.9 Å². The molecule has 1 aliphatic rings. The van der Waals surface area contributed by atoms with Crippen LogP contribution in [0.4, 0.5) is 11.4 Å². The number of amides is 1. The number of hydrazone groups is 1. The summed E-state index contributed by atoms with van der Waals surface area (Å²) in [5, 5.41) is 15.1. The normalized spacial score (nSPS) is 14.0. The smallest absolute Gasteiger partial charge is 0.277 e. The van der Waals surface area contributed by atoms with Gasteiger partial charge < -0.3 is 14.4 Å². The Morgan fingerprint density at radius 1 is 1.27 bits per heavy atom. The monoisotopic (exact) mass is 412 g/mol. The summed E-state index contributed by atoms with van der Waals surface area (Å²) in [5.74, 6) is 0.170. The molecule has 9 heteroatoms. The van der Waals surface area contributed by atoms with Gasteiger partial charge in [-0.25, -0.2) is 5.43 Å². The third-order valence-corrected chi connectivity index (χ3v) is 4.67. The van der Waals surface area contributed by atoms with Crippen LogP contribution < -0.4 is 15.1 Å². The van der Waals surface area contributed by atoms with Crippen LogP contribution in [0.5, 0.6) is 5.75 Å². The number of aryl methyl sites for hydroxylation is 1. The topological polar surface area (TPSA) is 106 Å². The van der Waals surface area contributed by atoms with Gasteiger partial charge in [-0.15, -0.1) is 0 Å². The summed E-state index contributed by atoms with van der Waals surface area (Å²) in [4.78, 5) is 24.7. The van der Waals surface area contributed by atoms with Gasteiger partial charge >= 0.3 is 0 Å². The van der Waals surface area contributed by atoms with Gasteiger partial charge in [-0.1, -0.05) is 19.1 Å². The lowest BCUT2D eigenvalue weighted by atomic mass is 10.1. The van der Waals surface area contributed by atoms with E-state index in [1.807, 2.05) is 24.3 Å². The Kier molecular flexibility index (Phi) is 7.34. The molecule has 1 heterocycles. The molecule has 1 N–H and O–H groups in total. The Morgan fingerprint density at radius 3 is 2.67 bits per heavy atom. The molecule has 0 atom stereocenters. The highest BCUT2D eigenvalue weighted by molar-refractivity contribution is 5.90. The number of benzene rings is 2. The van der Waals surface area contributed by atoms with Crippen LogP contribution in [0.2, 0.25) is 0 Å². The van der Waals surface area contributed by atoms with Gasteiger partial charge in [0.15, 0.2) is 6.61 Å². The molecule has 3 rings (SSSR count). The first kappa shape index (κ1) is 21.3. The Hall–Kier alpha value is -3.46. The Bertz CT molecular complexity index is 908. The van der Waals surface area contributed by atoms with Crippen molar-refractivity contribution in [2.24, 2.45) is 5.10 Å². The molecule has 0 spiro atoms. The lowest BCUT2D eigenvalue weighted by molar-refractivity contribution is -0.384. The highest BCUT2D eigenvalue weighted by Gasteiger charge is 2.17. The number of hydrogen-bond donors (Lipinski definition) is 1. The number of carbonyl (C=O) groups is 1. The molecule has 1 saturated heterocycles. The summed E-state index contributed by atoms with van der Waals surface area (Å²) in [7, 11) is 0. The van der Waals surface area contributed by atoms with Gasteiger partial charge in [-0.05, 0) is 30.2 Å². The number of morpholine rings is 1. The molecule has 1 aliphatic heterocycles. The molecule has 1 amide bonds. The minimum atomic E-state index is -0.462. The maximum Gasteiger partial charge on any atom is 0.277 e. The van der Waals surface area contributed by atoms with Crippen molar-refractivity contribution in [3.05, 3.63) is 63.7 Å². The molecular weight excluding hydrogens is 388 g/mol. The molecule has 30 heavy (non-hydrogen) atoms. The van der Waals surface area contributed by atoms with Gasteiger partial charge in [0.05, 0.1) is 24.4 Å². The molecule has 0 unspecified atom stereocenters. The van der Waals surface area contributed by atoms with Crippen LogP contribution in [0.15, 0.2) is 47.6 Å². The van der Waals surface area contributed by atoms with Crippen molar-refractivity contribution in [1.29, 1.82) is 0 Å². The molecule has 0 aromatic heterocycles. The average molecular weight is 412 g/mol. The zero-order valence-corrected chi connectivity index (χ0v) is 16.7. The largest absolute Gasteiger partial charge is 0.484 e. The van der Waals surface area contributed by atoms with Gasteiger partial charge in [0.1, 0.15) is 5.75 Å². The van der Waals surface area contributed by atoms with E-state index in [0.717, 1.165) is 12.1 Å². The number of carbonyl (C=O) groups excluding carboxylic acids is 1. The van der Waals surface area contributed by atoms with Crippen LogP contribution >= 0.6 is 0 Å². The number of ether oxygens (including phenoxy) is 2. The zero-order valence-electron chi connectivity index (χ0n) is 16.7. The standard InChI is InChI=1S/C21H24N4O5/c1-2-16-3-6-19(7-4-16)30-15-21(26)23-22-14-17-13-18(25(27)28)5-8-20(17)24-9-11-29-12-10-24/h3-8,13-14H,2,9-12,15H2,1H3,(H,23,26)/b22-14+. The fraction of sp³-hybridized carbons (Fsp3) is 0.333. The van der Waals surface area contributed by atoms with Crippen molar-refractivity contribution in [2.75, 3.05) is 37.8 Å². The van der Waals surface area contributed by atoms with Crippen molar-refractivity contribution in [1.82, 2.24) is 5.43 Å². The summed E-state index contributed by atoms with van der Waals surface area (Å²) in [6.45, 7) is 4.40. The molecule has 2 aromatic carbocycles. The second-order valence-corrected chi connectivity index (χ2v) is 6.68. The van der Waals surface area contributed by atoms with Gasteiger partial charge in [-0.3, -0.25) is 14.9 Å². The molecular formula is C21H24N4O5. The first-order valence-corrected chi connectivity index (χ1v) is 9.71. The third kappa shape index (κ3) is 5.77. The summed E-state index contributed by atoms with van der Waals surface area (Å²) in [6, 6.07) is 12.1. The second-order valence-electron chi connectivity index (χ2n) is 6.68. The van der Waals surface area contributed by atoms with Crippen LogP contribution in [-0.4, -0.2) is 50.0 Å². The minimum Gasteiger partial charge on any atom is -0.484 e. The van der Waals surface area contributed by atoms with E-state index < -0.39 is 10.8 Å². The SMILES string of the molecule is CCc1ccc(OCC(=O)N/N=C/c2cc([N+](=O)[O-])ccc2N2CCOCC2)cc1. The fourth-order valence-corrected chi connectivity index (χ4v) is 3.03. The minimum absolute atomic E-state index is 0.0429. The third-order valence-electron chi connectivity index (χ3n) is 4.67. The molecule has 0 aliphatic carbocycles. The van der Waals surface area contributed by atoms with E-state index in [2.05, 4.69) is 22.4 Å². The molecule has 158 valence electrons. The summed E-state index contributed by atoms with van der Waals surface area (Å²) < 4.78 is 10.8. The Labute approximate surface area is 174 Å². The summed E-state index contributed by atoms with van der Waals surface area (Å²) in [6.07, 6.45) is 2.34. The molecule has 9 nitrogen and oxygen atoms in total. The van der Waals surface area contributed by atoms with Crippen molar-refractivity contribution in [3.8, 4) is 5.75 Å². The summed E-state index contributed by atoms with van der Waals surface area (Å²) >= 11 is 0. The molecule has 0 radical (unpaired) electrons. The number of nitrogens with one attached hydrogen (secondary N) is 1. The predicted octanol–water partition coefficient (Wildman–Crippen LogP) is 2.52. The second kappa shape index (κ2) is 10.4. The first-order valence-electron chi connectivity index (χ1n) is 9.71. The number of non-ortho nitro benzene ring substituents is 1.